The van der Waals surface area contributed by atoms with E-state index in [9.17, 15) is 9.59 Å². The van der Waals surface area contributed by atoms with Crippen molar-refractivity contribution in [2.24, 2.45) is 5.92 Å². The predicted octanol–water partition coefficient (Wildman–Crippen LogP) is 3.48. The Hall–Kier alpha value is -2.89. The molecule has 0 spiro atoms. The molecule has 0 saturated carbocycles. The summed E-state index contributed by atoms with van der Waals surface area (Å²) in [7, 11) is 0. The van der Waals surface area contributed by atoms with Crippen LogP contribution in [0, 0.1) is 5.92 Å². The van der Waals surface area contributed by atoms with Crippen LogP contribution in [0.5, 0.6) is 5.75 Å². The van der Waals surface area contributed by atoms with Gasteiger partial charge in [-0.3, -0.25) is 14.6 Å². The molecule has 0 bridgehead atoms. The van der Waals surface area contributed by atoms with Gasteiger partial charge in [-0.25, -0.2) is 0 Å². The molecule has 1 N–H and O–H groups in total. The molecule has 2 atom stereocenters. The fraction of sp³-hybridized carbons (Fsp3) is 0.435. The lowest BCUT2D eigenvalue weighted by Crippen LogP contribution is -2.51. The molecular formula is C23H29N3O3. The highest BCUT2D eigenvalue weighted by atomic mass is 16.5. The van der Waals surface area contributed by atoms with Gasteiger partial charge in [-0.15, -0.1) is 0 Å². The minimum Gasteiger partial charge on any atom is -0.480 e. The van der Waals surface area contributed by atoms with E-state index in [1.807, 2.05) is 71.0 Å². The van der Waals surface area contributed by atoms with E-state index in [0.717, 1.165) is 5.56 Å². The Morgan fingerprint density at radius 1 is 1.21 bits per heavy atom. The van der Waals surface area contributed by atoms with Crippen LogP contribution in [0.3, 0.4) is 0 Å². The molecule has 2 amide bonds. The van der Waals surface area contributed by atoms with Crippen molar-refractivity contribution in [1.82, 2.24) is 15.2 Å². The predicted molar refractivity (Wildman–Crippen MR) is 111 cm³/mol. The van der Waals surface area contributed by atoms with Crippen LogP contribution in [0.1, 0.15) is 51.8 Å². The van der Waals surface area contributed by atoms with Crippen LogP contribution >= 0.6 is 0 Å². The summed E-state index contributed by atoms with van der Waals surface area (Å²) in [5.41, 5.74) is 1.12. The van der Waals surface area contributed by atoms with Gasteiger partial charge in [0.2, 0.25) is 5.91 Å². The molecule has 6 nitrogen and oxygen atoms in total. The molecule has 2 aromatic rings. The van der Waals surface area contributed by atoms with Crippen molar-refractivity contribution < 1.29 is 14.3 Å². The van der Waals surface area contributed by atoms with E-state index in [1.54, 1.807) is 17.3 Å². The third-order valence-electron chi connectivity index (χ3n) is 4.73. The summed E-state index contributed by atoms with van der Waals surface area (Å²) in [4.78, 5) is 32.7. The largest absolute Gasteiger partial charge is 0.480 e. The summed E-state index contributed by atoms with van der Waals surface area (Å²) >= 11 is 0. The molecule has 1 aromatic heterocycles. The van der Waals surface area contributed by atoms with Gasteiger partial charge >= 0.3 is 0 Å². The lowest BCUT2D eigenvalue weighted by atomic mass is 9.99. The third kappa shape index (κ3) is 4.75. The molecule has 0 saturated heterocycles. The zero-order valence-electron chi connectivity index (χ0n) is 17.7. The van der Waals surface area contributed by atoms with E-state index < -0.39 is 17.7 Å². The van der Waals surface area contributed by atoms with Crippen LogP contribution in [0.15, 0.2) is 48.8 Å². The Kier molecular flexibility index (Phi) is 5.91. The number of benzene rings is 1. The molecule has 1 aliphatic rings. The van der Waals surface area contributed by atoms with E-state index in [0.29, 0.717) is 11.3 Å². The van der Waals surface area contributed by atoms with Crippen molar-refractivity contribution in [3.8, 4) is 5.75 Å². The number of nitrogens with zero attached hydrogens (tertiary/aromatic N) is 2. The van der Waals surface area contributed by atoms with Gasteiger partial charge in [0.1, 0.15) is 11.8 Å². The fourth-order valence-corrected chi connectivity index (χ4v) is 3.46. The first-order valence-corrected chi connectivity index (χ1v) is 9.94. The van der Waals surface area contributed by atoms with Crippen LogP contribution in [0.4, 0.5) is 0 Å². The maximum Gasteiger partial charge on any atom is 0.265 e. The number of rotatable bonds is 4. The van der Waals surface area contributed by atoms with E-state index in [2.05, 4.69) is 10.3 Å². The molecule has 154 valence electrons. The topological polar surface area (TPSA) is 71.5 Å². The second-order valence-electron chi connectivity index (χ2n) is 8.79. The molecule has 1 aliphatic heterocycles. The smallest absolute Gasteiger partial charge is 0.265 e. The van der Waals surface area contributed by atoms with Crippen LogP contribution in [0.2, 0.25) is 0 Å². The average molecular weight is 396 g/mol. The van der Waals surface area contributed by atoms with Crippen molar-refractivity contribution in [2.45, 2.75) is 58.8 Å². The molecule has 0 aliphatic carbocycles. The number of hydrogen-bond acceptors (Lipinski definition) is 4. The number of pyridine rings is 1. The number of hydrogen-bond donors (Lipinski definition) is 1. The Morgan fingerprint density at radius 2 is 1.93 bits per heavy atom. The second-order valence-corrected chi connectivity index (χ2v) is 8.79. The average Bonchev–Trinajstić information content (AvgIpc) is 2.76. The number of amides is 2. The summed E-state index contributed by atoms with van der Waals surface area (Å²) < 4.78 is 6.12. The number of nitrogens with one attached hydrogen (secondary N) is 1. The summed E-state index contributed by atoms with van der Waals surface area (Å²) in [6, 6.07) is 10.3. The number of ether oxygens (including phenoxy) is 1. The minimum absolute atomic E-state index is 0.0450. The number of aromatic nitrogens is 1. The number of carbonyl (C=O) groups is 2. The summed E-state index contributed by atoms with van der Waals surface area (Å²) in [6.07, 6.45) is 2.74. The summed E-state index contributed by atoms with van der Waals surface area (Å²) in [6.45, 7) is 9.94. The first-order valence-electron chi connectivity index (χ1n) is 9.94. The highest BCUT2D eigenvalue weighted by molar-refractivity contribution is 5.92. The summed E-state index contributed by atoms with van der Waals surface area (Å²) in [5.74, 6) is 0.1000. The molecule has 0 fully saturated rings. The fourth-order valence-electron chi connectivity index (χ4n) is 3.46. The third-order valence-corrected chi connectivity index (χ3v) is 4.73. The molecule has 3 rings (SSSR count). The SMILES string of the molecule is CC(C)C1Oc2ccccc2C(C(=O)NC(C)(C)C)N(Cc2cccnc2)C1=O. The standard InChI is InChI=1S/C23H29N3O3/c1-15(2)20-22(28)26(14-16-9-8-12-24-13-16)19(21(27)25-23(3,4)5)17-10-6-7-11-18(17)29-20/h6-13,15,19-20H,14H2,1-5H3,(H,25,27). The van der Waals surface area contributed by atoms with Gasteiger partial charge in [0.25, 0.3) is 5.91 Å². The zero-order valence-corrected chi connectivity index (χ0v) is 17.7. The first kappa shape index (κ1) is 20.8. The Labute approximate surface area is 172 Å². The molecule has 0 radical (unpaired) electrons. The number of para-hydroxylation sites is 1. The first-order chi connectivity index (χ1) is 13.7. The van der Waals surface area contributed by atoms with E-state index >= 15 is 0 Å². The van der Waals surface area contributed by atoms with E-state index in [4.69, 9.17) is 4.74 Å². The van der Waals surface area contributed by atoms with Crippen molar-refractivity contribution in [3.63, 3.8) is 0 Å². The van der Waals surface area contributed by atoms with E-state index in [-0.39, 0.29) is 24.3 Å². The lowest BCUT2D eigenvalue weighted by Gasteiger charge is -2.33. The van der Waals surface area contributed by atoms with Crippen molar-refractivity contribution in [2.75, 3.05) is 0 Å². The highest BCUT2D eigenvalue weighted by Gasteiger charge is 2.42. The van der Waals surface area contributed by atoms with Crippen LogP contribution in [-0.2, 0) is 16.1 Å². The normalized spacial score (nSPS) is 19.4. The Bertz CT molecular complexity index is 874. The van der Waals surface area contributed by atoms with Crippen LogP contribution in [-0.4, -0.2) is 33.3 Å². The van der Waals surface area contributed by atoms with Gasteiger partial charge < -0.3 is 15.0 Å². The molecule has 2 unspecified atom stereocenters. The second kappa shape index (κ2) is 8.23. The Morgan fingerprint density at radius 3 is 2.55 bits per heavy atom. The van der Waals surface area contributed by atoms with Gasteiger partial charge in [0.15, 0.2) is 6.10 Å². The monoisotopic (exact) mass is 395 g/mol. The minimum atomic E-state index is -0.790. The maximum atomic E-state index is 13.5. The van der Waals surface area contributed by atoms with Gasteiger partial charge in [-0.05, 0) is 44.4 Å². The molecule has 2 heterocycles. The molecule has 29 heavy (non-hydrogen) atoms. The van der Waals surface area contributed by atoms with Crippen LogP contribution in [0.25, 0.3) is 0 Å². The van der Waals surface area contributed by atoms with Crippen LogP contribution < -0.4 is 10.1 Å². The van der Waals surface area contributed by atoms with Crippen molar-refractivity contribution in [1.29, 1.82) is 0 Å². The Balaban J connectivity index is 2.12. The van der Waals surface area contributed by atoms with Gasteiger partial charge in [-0.1, -0.05) is 38.1 Å². The van der Waals surface area contributed by atoms with Crippen molar-refractivity contribution >= 4 is 11.8 Å². The van der Waals surface area contributed by atoms with Crippen molar-refractivity contribution in [3.05, 3.63) is 59.9 Å². The lowest BCUT2D eigenvalue weighted by molar-refractivity contribution is -0.147. The molecular weight excluding hydrogens is 366 g/mol. The quantitative estimate of drug-likeness (QED) is 0.860. The molecule has 6 heteroatoms. The summed E-state index contributed by atoms with van der Waals surface area (Å²) in [5, 5.41) is 3.03. The number of fused-ring (bicyclic) bond motifs is 1. The van der Waals surface area contributed by atoms with E-state index in [1.165, 1.54) is 0 Å². The number of carbonyl (C=O) groups excluding carboxylic acids is 2. The zero-order chi connectivity index (χ0) is 21.2. The van der Waals surface area contributed by atoms with Gasteiger partial charge in [-0.2, -0.15) is 0 Å². The van der Waals surface area contributed by atoms with Gasteiger partial charge in [0, 0.05) is 30.0 Å². The highest BCUT2D eigenvalue weighted by Crippen LogP contribution is 2.36. The van der Waals surface area contributed by atoms with Gasteiger partial charge in [0.05, 0.1) is 0 Å². The molecule has 1 aromatic carbocycles. The maximum absolute atomic E-state index is 13.5.